The molecule has 0 saturated carbocycles. The summed E-state index contributed by atoms with van der Waals surface area (Å²) >= 11 is 0. The van der Waals surface area contributed by atoms with Crippen molar-refractivity contribution in [2.75, 3.05) is 6.54 Å². The smallest absolute Gasteiger partial charge is 0.410 e. The Balaban J connectivity index is 2.24. The van der Waals surface area contributed by atoms with E-state index in [1.165, 1.54) is 10.8 Å². The molecule has 0 aromatic heterocycles. The number of nitrogens with zero attached hydrogens (tertiary/aromatic N) is 1. The second-order valence-corrected chi connectivity index (χ2v) is 6.54. The summed E-state index contributed by atoms with van der Waals surface area (Å²) in [6, 6.07) is 14.5. The molecule has 0 aliphatic carbocycles. The molecule has 0 fully saturated rings. The maximum Gasteiger partial charge on any atom is 0.410 e. The third-order valence-corrected chi connectivity index (χ3v) is 3.39. The zero-order chi connectivity index (χ0) is 16.2. The fraction of sp³-hybridized carbons (Fsp3) is 0.421. The lowest BCUT2D eigenvalue weighted by molar-refractivity contribution is 0.0234. The maximum absolute atomic E-state index is 12.4. The highest BCUT2D eigenvalue weighted by Gasteiger charge is 2.22. The van der Waals surface area contributed by atoms with Crippen LogP contribution in [0.25, 0.3) is 10.8 Å². The number of carbonyl (C=O) groups is 1. The van der Waals surface area contributed by atoms with Gasteiger partial charge in [0.1, 0.15) is 5.60 Å². The number of hydrogen-bond donors (Lipinski definition) is 0. The SMILES string of the molecule is CCCN(Cc1cccc2ccccc12)C(=O)OC(C)(C)C. The Morgan fingerprint density at radius 1 is 1.09 bits per heavy atom. The van der Waals surface area contributed by atoms with Crippen LogP contribution >= 0.6 is 0 Å². The van der Waals surface area contributed by atoms with Crippen molar-refractivity contribution in [3.63, 3.8) is 0 Å². The Hall–Kier alpha value is -2.03. The van der Waals surface area contributed by atoms with E-state index in [1.54, 1.807) is 4.90 Å². The monoisotopic (exact) mass is 299 g/mol. The van der Waals surface area contributed by atoms with Crippen molar-refractivity contribution in [2.45, 2.75) is 46.3 Å². The standard InChI is InChI=1S/C19H25NO2/c1-5-13-20(18(21)22-19(2,3)4)14-16-11-8-10-15-9-6-7-12-17(15)16/h6-12H,5,13-14H2,1-4H3. The van der Waals surface area contributed by atoms with Crippen molar-refractivity contribution in [1.82, 2.24) is 4.90 Å². The van der Waals surface area contributed by atoms with E-state index in [1.807, 2.05) is 39.0 Å². The molecular formula is C19H25NO2. The summed E-state index contributed by atoms with van der Waals surface area (Å²) in [5, 5.41) is 2.38. The van der Waals surface area contributed by atoms with Gasteiger partial charge < -0.3 is 9.64 Å². The molecule has 2 aromatic rings. The quantitative estimate of drug-likeness (QED) is 0.796. The van der Waals surface area contributed by atoms with Gasteiger partial charge in [0.05, 0.1) is 0 Å². The van der Waals surface area contributed by atoms with Gasteiger partial charge >= 0.3 is 6.09 Å². The zero-order valence-electron chi connectivity index (χ0n) is 13.9. The van der Waals surface area contributed by atoms with Crippen LogP contribution in [0.3, 0.4) is 0 Å². The summed E-state index contributed by atoms with van der Waals surface area (Å²) in [6.07, 6.45) is 0.659. The van der Waals surface area contributed by atoms with Crippen LogP contribution in [0.5, 0.6) is 0 Å². The lowest BCUT2D eigenvalue weighted by atomic mass is 10.0. The number of carbonyl (C=O) groups excluding carboxylic acids is 1. The normalized spacial score (nSPS) is 11.5. The van der Waals surface area contributed by atoms with E-state index >= 15 is 0 Å². The Bertz CT molecular complexity index is 638. The molecule has 0 atom stereocenters. The number of ether oxygens (including phenoxy) is 1. The number of hydrogen-bond acceptors (Lipinski definition) is 2. The maximum atomic E-state index is 12.4. The Labute approximate surface area is 132 Å². The van der Waals surface area contributed by atoms with Crippen LogP contribution in [0.15, 0.2) is 42.5 Å². The van der Waals surface area contributed by atoms with Gasteiger partial charge in [0, 0.05) is 13.1 Å². The molecule has 0 bridgehead atoms. The molecule has 0 aliphatic heterocycles. The van der Waals surface area contributed by atoms with Crippen LogP contribution in [0, 0.1) is 0 Å². The van der Waals surface area contributed by atoms with E-state index in [4.69, 9.17) is 4.74 Å². The molecule has 0 spiro atoms. The topological polar surface area (TPSA) is 29.5 Å². The molecule has 0 unspecified atom stereocenters. The van der Waals surface area contributed by atoms with E-state index in [9.17, 15) is 4.79 Å². The first kappa shape index (κ1) is 16.3. The van der Waals surface area contributed by atoms with E-state index in [2.05, 4.69) is 31.2 Å². The predicted octanol–water partition coefficient (Wildman–Crippen LogP) is 4.99. The van der Waals surface area contributed by atoms with Crippen LogP contribution in [-0.2, 0) is 11.3 Å². The minimum atomic E-state index is -0.470. The highest BCUT2D eigenvalue weighted by atomic mass is 16.6. The van der Waals surface area contributed by atoms with Gasteiger partial charge in [0.15, 0.2) is 0 Å². The van der Waals surface area contributed by atoms with E-state index in [0.717, 1.165) is 12.0 Å². The van der Waals surface area contributed by atoms with Gasteiger partial charge in [-0.05, 0) is 43.5 Å². The zero-order valence-corrected chi connectivity index (χ0v) is 13.9. The van der Waals surface area contributed by atoms with Crippen molar-refractivity contribution in [1.29, 1.82) is 0 Å². The van der Waals surface area contributed by atoms with Crippen LogP contribution < -0.4 is 0 Å². The van der Waals surface area contributed by atoms with Crippen molar-refractivity contribution < 1.29 is 9.53 Å². The van der Waals surface area contributed by atoms with Gasteiger partial charge in [0.2, 0.25) is 0 Å². The number of rotatable bonds is 4. The van der Waals surface area contributed by atoms with Crippen LogP contribution in [0.1, 0.15) is 39.7 Å². The minimum absolute atomic E-state index is 0.248. The first-order valence-corrected chi connectivity index (χ1v) is 7.85. The van der Waals surface area contributed by atoms with Crippen molar-refractivity contribution in [3.8, 4) is 0 Å². The van der Waals surface area contributed by atoms with Gasteiger partial charge in [-0.15, -0.1) is 0 Å². The van der Waals surface area contributed by atoms with E-state index in [0.29, 0.717) is 13.1 Å². The van der Waals surface area contributed by atoms with E-state index < -0.39 is 5.60 Å². The molecule has 118 valence electrons. The van der Waals surface area contributed by atoms with Crippen LogP contribution in [0.4, 0.5) is 4.79 Å². The van der Waals surface area contributed by atoms with E-state index in [-0.39, 0.29) is 6.09 Å². The predicted molar refractivity (Wildman–Crippen MR) is 90.9 cm³/mol. The molecule has 0 radical (unpaired) electrons. The van der Waals surface area contributed by atoms with Gasteiger partial charge in [-0.2, -0.15) is 0 Å². The largest absolute Gasteiger partial charge is 0.444 e. The first-order valence-electron chi connectivity index (χ1n) is 7.85. The fourth-order valence-electron chi connectivity index (χ4n) is 2.47. The molecule has 3 nitrogen and oxygen atoms in total. The van der Waals surface area contributed by atoms with Crippen molar-refractivity contribution in [2.24, 2.45) is 0 Å². The second kappa shape index (κ2) is 6.82. The molecule has 0 N–H and O–H groups in total. The molecule has 2 aromatic carbocycles. The summed E-state index contributed by atoms with van der Waals surface area (Å²) in [7, 11) is 0. The van der Waals surface area contributed by atoms with Crippen LogP contribution in [-0.4, -0.2) is 23.1 Å². The average Bonchev–Trinajstić information content (AvgIpc) is 2.45. The molecule has 22 heavy (non-hydrogen) atoms. The lowest BCUT2D eigenvalue weighted by Gasteiger charge is -2.27. The highest BCUT2D eigenvalue weighted by Crippen LogP contribution is 2.21. The highest BCUT2D eigenvalue weighted by molar-refractivity contribution is 5.86. The van der Waals surface area contributed by atoms with Gasteiger partial charge in [-0.3, -0.25) is 0 Å². The average molecular weight is 299 g/mol. The molecule has 0 aliphatic rings. The third-order valence-electron chi connectivity index (χ3n) is 3.39. The van der Waals surface area contributed by atoms with Crippen molar-refractivity contribution in [3.05, 3.63) is 48.0 Å². The van der Waals surface area contributed by atoms with Crippen molar-refractivity contribution >= 4 is 16.9 Å². The Kier molecular flexibility index (Phi) is 5.07. The first-order chi connectivity index (χ1) is 10.4. The number of fused-ring (bicyclic) bond motifs is 1. The molecular weight excluding hydrogens is 274 g/mol. The Morgan fingerprint density at radius 2 is 1.77 bits per heavy atom. The number of benzene rings is 2. The summed E-state index contributed by atoms with van der Waals surface area (Å²) in [4.78, 5) is 14.2. The molecule has 2 rings (SSSR count). The summed E-state index contributed by atoms with van der Waals surface area (Å²) in [6.45, 7) is 9.02. The number of amides is 1. The Morgan fingerprint density at radius 3 is 2.45 bits per heavy atom. The summed E-state index contributed by atoms with van der Waals surface area (Å²) in [5.41, 5.74) is 0.680. The minimum Gasteiger partial charge on any atom is -0.444 e. The molecule has 0 saturated heterocycles. The fourth-order valence-corrected chi connectivity index (χ4v) is 2.47. The second-order valence-electron chi connectivity index (χ2n) is 6.54. The third kappa shape index (κ3) is 4.23. The van der Waals surface area contributed by atoms with Gasteiger partial charge in [-0.25, -0.2) is 4.79 Å². The molecule has 3 heteroatoms. The van der Waals surface area contributed by atoms with Gasteiger partial charge in [0.25, 0.3) is 0 Å². The molecule has 0 heterocycles. The molecule has 1 amide bonds. The summed E-state index contributed by atoms with van der Waals surface area (Å²) < 4.78 is 5.52. The summed E-state index contributed by atoms with van der Waals surface area (Å²) in [5.74, 6) is 0. The van der Waals surface area contributed by atoms with Gasteiger partial charge in [-0.1, -0.05) is 49.4 Å². The van der Waals surface area contributed by atoms with Crippen LogP contribution in [0.2, 0.25) is 0 Å². The lowest BCUT2D eigenvalue weighted by Crippen LogP contribution is -2.36.